The van der Waals surface area contributed by atoms with Gasteiger partial charge in [-0.3, -0.25) is 10.1 Å². The molecule has 3 rings (SSSR count). The summed E-state index contributed by atoms with van der Waals surface area (Å²) in [4.78, 5) is 12.4. The monoisotopic (exact) mass is 349 g/mol. The number of fused-ring (bicyclic) bond motifs is 1. The molecule has 0 aliphatic rings. The van der Waals surface area contributed by atoms with E-state index in [0.29, 0.717) is 10.6 Å². The van der Waals surface area contributed by atoms with Crippen LogP contribution in [-0.2, 0) is 4.79 Å². The molecule has 25 heavy (non-hydrogen) atoms. The highest BCUT2D eigenvalue weighted by atomic mass is 32.1. The molecule has 0 aliphatic carbocycles. The van der Waals surface area contributed by atoms with Gasteiger partial charge in [-0.05, 0) is 47.7 Å². The number of nitriles is 1. The minimum absolute atomic E-state index is 0.0316. The van der Waals surface area contributed by atoms with E-state index in [2.05, 4.69) is 47.0 Å². The summed E-state index contributed by atoms with van der Waals surface area (Å²) in [6.45, 7) is 3.87. The van der Waals surface area contributed by atoms with Crippen molar-refractivity contribution < 1.29 is 4.79 Å². The van der Waals surface area contributed by atoms with Crippen molar-refractivity contribution in [1.82, 2.24) is 5.32 Å². The highest BCUT2D eigenvalue weighted by Gasteiger charge is 2.18. The van der Waals surface area contributed by atoms with Crippen molar-refractivity contribution in [2.24, 2.45) is 0 Å². The summed E-state index contributed by atoms with van der Waals surface area (Å²) >= 11 is 1.35. The van der Waals surface area contributed by atoms with Crippen molar-refractivity contribution >= 4 is 33.0 Å². The second kappa shape index (κ2) is 7.47. The Balaban J connectivity index is 1.67. The molecule has 0 radical (unpaired) electrons. The maximum Gasteiger partial charge on any atom is 0.241 e. The van der Waals surface area contributed by atoms with Gasteiger partial charge in [-0.1, -0.05) is 36.4 Å². The van der Waals surface area contributed by atoms with Gasteiger partial charge < -0.3 is 5.32 Å². The van der Waals surface area contributed by atoms with Crippen molar-refractivity contribution in [3.8, 4) is 6.07 Å². The average molecular weight is 349 g/mol. The number of hydrogen-bond donors (Lipinski definition) is 2. The van der Waals surface area contributed by atoms with Gasteiger partial charge in [-0.2, -0.15) is 5.26 Å². The number of benzene rings is 2. The van der Waals surface area contributed by atoms with Crippen LogP contribution in [0, 0.1) is 11.3 Å². The Morgan fingerprint density at radius 2 is 1.88 bits per heavy atom. The van der Waals surface area contributed by atoms with Crippen LogP contribution < -0.4 is 10.6 Å². The first kappa shape index (κ1) is 17.2. The second-order valence-electron chi connectivity index (χ2n) is 5.98. The van der Waals surface area contributed by atoms with Crippen LogP contribution in [0.5, 0.6) is 0 Å². The van der Waals surface area contributed by atoms with Gasteiger partial charge in [0.05, 0.1) is 11.6 Å². The molecular formula is C20H19N3OS. The van der Waals surface area contributed by atoms with Crippen molar-refractivity contribution in [1.29, 1.82) is 5.26 Å². The van der Waals surface area contributed by atoms with E-state index in [1.807, 2.05) is 26.0 Å². The lowest BCUT2D eigenvalue weighted by Crippen LogP contribution is -2.39. The van der Waals surface area contributed by atoms with Gasteiger partial charge in [0.15, 0.2) is 0 Å². The molecule has 0 spiro atoms. The second-order valence-corrected chi connectivity index (χ2v) is 6.90. The molecule has 1 heterocycles. The lowest BCUT2D eigenvalue weighted by Gasteiger charge is -2.20. The summed E-state index contributed by atoms with van der Waals surface area (Å²) in [5.74, 6) is -0.147. The molecule has 4 nitrogen and oxygen atoms in total. The largest absolute Gasteiger partial charge is 0.315 e. The molecule has 5 heteroatoms. The minimum Gasteiger partial charge on any atom is -0.315 e. The van der Waals surface area contributed by atoms with Crippen molar-refractivity contribution in [3.63, 3.8) is 0 Å². The summed E-state index contributed by atoms with van der Waals surface area (Å²) in [7, 11) is 0. The Hall–Kier alpha value is -2.68. The average Bonchev–Trinajstić information content (AvgIpc) is 3.08. The van der Waals surface area contributed by atoms with Crippen LogP contribution in [-0.4, -0.2) is 11.9 Å². The quantitative estimate of drug-likeness (QED) is 0.715. The molecule has 126 valence electrons. The predicted molar refractivity (Wildman–Crippen MR) is 103 cm³/mol. The number of amides is 1. The summed E-state index contributed by atoms with van der Waals surface area (Å²) < 4.78 is 0. The molecule has 2 aromatic carbocycles. The van der Waals surface area contributed by atoms with Crippen LogP contribution in [0.1, 0.15) is 31.0 Å². The van der Waals surface area contributed by atoms with Gasteiger partial charge in [-0.15, -0.1) is 11.3 Å². The molecule has 0 aliphatic heterocycles. The predicted octanol–water partition coefficient (Wildman–Crippen LogP) is 4.45. The first-order valence-corrected chi connectivity index (χ1v) is 8.99. The van der Waals surface area contributed by atoms with E-state index in [1.165, 1.54) is 22.1 Å². The lowest BCUT2D eigenvalue weighted by molar-refractivity contribution is -0.117. The maximum atomic E-state index is 12.4. The van der Waals surface area contributed by atoms with E-state index in [0.717, 1.165) is 5.56 Å². The molecule has 2 N–H and O–H groups in total. The van der Waals surface area contributed by atoms with Gasteiger partial charge in [0.1, 0.15) is 11.1 Å². The topological polar surface area (TPSA) is 64.9 Å². The van der Waals surface area contributed by atoms with Crippen LogP contribution in [0.15, 0.2) is 53.9 Å². The lowest BCUT2D eigenvalue weighted by atomic mass is 10.0. The molecule has 3 aromatic rings. The van der Waals surface area contributed by atoms with E-state index >= 15 is 0 Å². The van der Waals surface area contributed by atoms with Gasteiger partial charge in [0.25, 0.3) is 0 Å². The molecule has 0 fully saturated rings. The molecule has 0 unspecified atom stereocenters. The van der Waals surface area contributed by atoms with E-state index in [9.17, 15) is 4.79 Å². The molecule has 0 bridgehead atoms. The number of nitrogens with one attached hydrogen (secondary N) is 2. The number of hydrogen-bond acceptors (Lipinski definition) is 4. The van der Waals surface area contributed by atoms with Crippen LogP contribution in [0.25, 0.3) is 10.8 Å². The van der Waals surface area contributed by atoms with Gasteiger partial charge in [-0.25, -0.2) is 0 Å². The zero-order chi connectivity index (χ0) is 17.8. The maximum absolute atomic E-state index is 12.4. The molecule has 0 saturated carbocycles. The SMILES string of the molecule is C[C@H](N[C@H](C)c1ccc2ccccc2c1)C(=O)Nc1sccc1C#N. The molecule has 2 atom stereocenters. The fraction of sp³-hybridized carbons (Fsp3) is 0.200. The number of nitrogens with zero attached hydrogens (tertiary/aromatic N) is 1. The first-order valence-electron chi connectivity index (χ1n) is 8.11. The van der Waals surface area contributed by atoms with E-state index < -0.39 is 0 Å². The third kappa shape index (κ3) is 3.87. The number of anilines is 1. The number of thiophene rings is 1. The molecule has 1 aromatic heterocycles. The van der Waals surface area contributed by atoms with Crippen LogP contribution in [0.2, 0.25) is 0 Å². The Bertz CT molecular complexity index is 941. The van der Waals surface area contributed by atoms with Gasteiger partial charge in [0.2, 0.25) is 5.91 Å². The Morgan fingerprint density at radius 1 is 1.12 bits per heavy atom. The van der Waals surface area contributed by atoms with Crippen LogP contribution in [0.3, 0.4) is 0 Å². The van der Waals surface area contributed by atoms with Gasteiger partial charge >= 0.3 is 0 Å². The zero-order valence-corrected chi connectivity index (χ0v) is 14.9. The van der Waals surface area contributed by atoms with E-state index in [1.54, 1.807) is 11.4 Å². The summed E-state index contributed by atoms with van der Waals surface area (Å²) in [5.41, 5.74) is 1.63. The highest BCUT2D eigenvalue weighted by Crippen LogP contribution is 2.23. The minimum atomic E-state index is -0.380. The summed E-state index contributed by atoms with van der Waals surface area (Å²) in [6, 6.07) is 18.0. The Morgan fingerprint density at radius 3 is 2.64 bits per heavy atom. The molecule has 0 saturated heterocycles. The third-order valence-corrected chi connectivity index (χ3v) is 5.02. The summed E-state index contributed by atoms with van der Waals surface area (Å²) in [6.07, 6.45) is 0. The number of carbonyl (C=O) groups is 1. The van der Waals surface area contributed by atoms with E-state index in [4.69, 9.17) is 5.26 Å². The Labute approximate surface area is 151 Å². The fourth-order valence-electron chi connectivity index (χ4n) is 2.74. The normalized spacial score (nSPS) is 13.2. The molecular weight excluding hydrogens is 330 g/mol. The Kier molecular flexibility index (Phi) is 5.13. The van der Waals surface area contributed by atoms with Crippen LogP contribution in [0.4, 0.5) is 5.00 Å². The summed E-state index contributed by atoms with van der Waals surface area (Å²) in [5, 5.41) is 19.9. The highest BCUT2D eigenvalue weighted by molar-refractivity contribution is 7.14. The first-order chi connectivity index (χ1) is 12.1. The van der Waals surface area contributed by atoms with Gasteiger partial charge in [0, 0.05) is 6.04 Å². The van der Waals surface area contributed by atoms with E-state index in [-0.39, 0.29) is 18.0 Å². The smallest absolute Gasteiger partial charge is 0.241 e. The number of carbonyl (C=O) groups excluding carboxylic acids is 1. The third-order valence-electron chi connectivity index (χ3n) is 4.19. The molecule has 1 amide bonds. The van der Waals surface area contributed by atoms with Crippen molar-refractivity contribution in [3.05, 3.63) is 65.0 Å². The van der Waals surface area contributed by atoms with Crippen molar-refractivity contribution in [2.45, 2.75) is 25.9 Å². The van der Waals surface area contributed by atoms with Crippen molar-refractivity contribution in [2.75, 3.05) is 5.32 Å². The number of rotatable bonds is 5. The zero-order valence-electron chi connectivity index (χ0n) is 14.1. The van der Waals surface area contributed by atoms with Crippen LogP contribution >= 0.6 is 11.3 Å². The fourth-order valence-corrected chi connectivity index (χ4v) is 3.48. The standard InChI is InChI=1S/C20H19N3OS/c1-13(16-8-7-15-5-3-4-6-17(15)11-16)22-14(2)19(24)23-20-18(12-21)9-10-25-20/h3-11,13-14,22H,1-2H3,(H,23,24)/t13-,14+/m1/s1.